The molecule has 0 aliphatic carbocycles. The second-order valence-electron chi connectivity index (χ2n) is 7.35. The molecule has 1 fully saturated rings. The van der Waals surface area contributed by atoms with E-state index < -0.39 is 0 Å². The first-order valence-corrected chi connectivity index (χ1v) is 10.2. The van der Waals surface area contributed by atoms with Gasteiger partial charge in [0.1, 0.15) is 12.1 Å². The normalized spacial score (nSPS) is 15.3. The molecule has 0 atom stereocenters. The maximum atomic E-state index is 13.0. The Morgan fingerprint density at radius 3 is 2.57 bits per heavy atom. The Hall–Kier alpha value is -1.72. The summed E-state index contributed by atoms with van der Waals surface area (Å²) in [5.74, 6) is 0.779. The van der Waals surface area contributed by atoms with Gasteiger partial charge in [-0.05, 0) is 31.7 Å². The number of guanidine groups is 1. The van der Waals surface area contributed by atoms with E-state index in [0.29, 0.717) is 0 Å². The molecule has 1 saturated heterocycles. The van der Waals surface area contributed by atoms with Crippen LogP contribution < -0.4 is 5.32 Å². The smallest absolute Gasteiger partial charge is 0.194 e. The maximum absolute atomic E-state index is 13.0. The summed E-state index contributed by atoms with van der Waals surface area (Å²) in [6, 6.07) is 8.59. The second-order valence-corrected chi connectivity index (χ2v) is 7.35. The molecular formula is C21H32FIN6O. The van der Waals surface area contributed by atoms with Gasteiger partial charge in [-0.1, -0.05) is 17.3 Å². The first kappa shape index (κ1) is 24.5. The van der Waals surface area contributed by atoms with Gasteiger partial charge in [0.15, 0.2) is 5.96 Å². The van der Waals surface area contributed by atoms with Crippen molar-refractivity contribution in [3.05, 3.63) is 53.7 Å². The van der Waals surface area contributed by atoms with Gasteiger partial charge in [-0.25, -0.2) is 4.39 Å². The van der Waals surface area contributed by atoms with Crippen LogP contribution in [-0.2, 0) is 13.1 Å². The number of aromatic nitrogens is 1. The molecule has 2 heterocycles. The number of nitrogens with one attached hydrogen (secondary N) is 1. The highest BCUT2D eigenvalue weighted by molar-refractivity contribution is 14.0. The van der Waals surface area contributed by atoms with Crippen LogP contribution in [0.4, 0.5) is 4.39 Å². The predicted molar refractivity (Wildman–Crippen MR) is 127 cm³/mol. The summed E-state index contributed by atoms with van der Waals surface area (Å²) in [6.45, 7) is 9.95. The third kappa shape index (κ3) is 7.84. The van der Waals surface area contributed by atoms with Crippen LogP contribution in [0.3, 0.4) is 0 Å². The summed E-state index contributed by atoms with van der Waals surface area (Å²) in [7, 11) is 2.06. The number of hydrogen-bond donors (Lipinski definition) is 1. The van der Waals surface area contributed by atoms with Crippen molar-refractivity contribution in [1.29, 1.82) is 0 Å². The highest BCUT2D eigenvalue weighted by atomic mass is 127. The number of halogens is 2. The maximum Gasteiger partial charge on any atom is 0.194 e. The van der Waals surface area contributed by atoms with E-state index in [4.69, 9.17) is 9.52 Å². The van der Waals surface area contributed by atoms with Gasteiger partial charge >= 0.3 is 0 Å². The number of rotatable bonds is 8. The third-order valence-electron chi connectivity index (χ3n) is 4.99. The molecule has 0 radical (unpaired) electrons. The van der Waals surface area contributed by atoms with E-state index in [0.717, 1.165) is 76.1 Å². The summed E-state index contributed by atoms with van der Waals surface area (Å²) >= 11 is 0. The first-order valence-electron chi connectivity index (χ1n) is 10.2. The van der Waals surface area contributed by atoms with Crippen molar-refractivity contribution in [3.8, 4) is 0 Å². The Morgan fingerprint density at radius 1 is 1.20 bits per heavy atom. The van der Waals surface area contributed by atoms with Crippen molar-refractivity contribution in [1.82, 2.24) is 25.2 Å². The van der Waals surface area contributed by atoms with Crippen molar-refractivity contribution in [2.24, 2.45) is 4.99 Å². The molecule has 0 saturated carbocycles. The quantitative estimate of drug-likeness (QED) is 0.322. The fourth-order valence-corrected chi connectivity index (χ4v) is 3.40. The van der Waals surface area contributed by atoms with Crippen LogP contribution in [0.2, 0.25) is 0 Å². The van der Waals surface area contributed by atoms with Crippen molar-refractivity contribution in [2.75, 3.05) is 52.9 Å². The Kier molecular flexibility index (Phi) is 10.5. The summed E-state index contributed by atoms with van der Waals surface area (Å²) < 4.78 is 17.9. The van der Waals surface area contributed by atoms with E-state index in [-0.39, 0.29) is 29.8 Å². The summed E-state index contributed by atoms with van der Waals surface area (Å²) in [4.78, 5) is 11.7. The van der Waals surface area contributed by atoms with Gasteiger partial charge < -0.3 is 19.6 Å². The molecule has 7 nitrogen and oxygen atoms in total. The van der Waals surface area contributed by atoms with E-state index >= 15 is 0 Å². The average Bonchev–Trinajstić information content (AvgIpc) is 3.23. The zero-order valence-electron chi connectivity index (χ0n) is 17.8. The van der Waals surface area contributed by atoms with Gasteiger partial charge in [0.25, 0.3) is 0 Å². The highest BCUT2D eigenvalue weighted by Gasteiger charge is 2.20. The zero-order chi connectivity index (χ0) is 20.5. The van der Waals surface area contributed by atoms with Crippen LogP contribution in [0.5, 0.6) is 0 Å². The molecule has 1 aromatic heterocycles. The topological polar surface area (TPSA) is 60.1 Å². The number of nitrogens with zero attached hydrogens (tertiary/aromatic N) is 5. The van der Waals surface area contributed by atoms with Crippen molar-refractivity contribution >= 4 is 29.9 Å². The van der Waals surface area contributed by atoms with Crippen LogP contribution in [0.25, 0.3) is 0 Å². The van der Waals surface area contributed by atoms with Crippen molar-refractivity contribution in [2.45, 2.75) is 20.0 Å². The van der Waals surface area contributed by atoms with Gasteiger partial charge in [0.05, 0.1) is 12.2 Å². The molecule has 0 amide bonds. The molecule has 0 bridgehead atoms. The Morgan fingerprint density at radius 2 is 1.93 bits per heavy atom. The van der Waals surface area contributed by atoms with E-state index in [9.17, 15) is 4.39 Å². The van der Waals surface area contributed by atoms with Crippen LogP contribution >= 0.6 is 24.0 Å². The molecule has 9 heteroatoms. The van der Waals surface area contributed by atoms with Gasteiger partial charge in [-0.2, -0.15) is 0 Å². The zero-order valence-corrected chi connectivity index (χ0v) is 20.1. The number of piperazine rings is 1. The number of aliphatic imine (C=N–C) groups is 1. The molecule has 1 aliphatic rings. The van der Waals surface area contributed by atoms with Gasteiger partial charge in [-0.3, -0.25) is 9.89 Å². The molecule has 30 heavy (non-hydrogen) atoms. The van der Waals surface area contributed by atoms with Gasteiger partial charge in [0, 0.05) is 58.4 Å². The fourth-order valence-electron chi connectivity index (χ4n) is 3.40. The lowest BCUT2D eigenvalue weighted by atomic mass is 10.2. The predicted octanol–water partition coefficient (Wildman–Crippen LogP) is 2.65. The first-order chi connectivity index (χ1) is 14.1. The molecule has 2 aromatic rings. The molecule has 3 rings (SSSR count). The van der Waals surface area contributed by atoms with Crippen LogP contribution in [0.15, 0.2) is 46.1 Å². The summed E-state index contributed by atoms with van der Waals surface area (Å²) in [6.07, 6.45) is 1.62. The van der Waals surface area contributed by atoms with Crippen molar-refractivity contribution < 1.29 is 8.91 Å². The van der Waals surface area contributed by atoms with Crippen molar-refractivity contribution in [3.63, 3.8) is 0 Å². The Bertz CT molecular complexity index is 747. The number of benzene rings is 1. The minimum Gasteiger partial charge on any atom is -0.364 e. The SMILES string of the molecule is CCNC(=NCCN(C)Cc1ccc(F)cc1)N1CCN(Cc2ccon2)CC1.I. The summed E-state index contributed by atoms with van der Waals surface area (Å²) in [5, 5.41) is 7.41. The Balaban J connectivity index is 0.00000320. The molecule has 166 valence electrons. The largest absolute Gasteiger partial charge is 0.364 e. The molecule has 0 spiro atoms. The minimum atomic E-state index is -0.197. The monoisotopic (exact) mass is 530 g/mol. The Labute approximate surface area is 195 Å². The van der Waals surface area contributed by atoms with E-state index in [2.05, 4.69) is 39.1 Å². The number of likely N-dealkylation sites (N-methyl/N-ethyl adjacent to an activating group) is 1. The lowest BCUT2D eigenvalue weighted by molar-refractivity contribution is 0.169. The standard InChI is InChI=1S/C21H31FN6O.HI/c1-3-23-21(24-9-10-26(2)16-18-4-6-19(22)7-5-18)28-13-11-27(12-14-28)17-20-8-15-29-25-20;/h4-8,15H,3,9-14,16-17H2,1-2H3,(H,23,24);1H. The minimum absolute atomic E-state index is 0. The molecule has 0 unspecified atom stereocenters. The van der Waals surface area contributed by atoms with Crippen LogP contribution in [-0.4, -0.2) is 78.7 Å². The van der Waals surface area contributed by atoms with E-state index in [1.807, 2.05) is 18.2 Å². The number of hydrogen-bond acceptors (Lipinski definition) is 5. The van der Waals surface area contributed by atoms with E-state index in [1.165, 1.54) is 12.1 Å². The lowest BCUT2D eigenvalue weighted by Gasteiger charge is -2.36. The summed E-state index contributed by atoms with van der Waals surface area (Å²) in [5.41, 5.74) is 2.08. The van der Waals surface area contributed by atoms with Crippen LogP contribution in [0, 0.1) is 5.82 Å². The fraction of sp³-hybridized carbons (Fsp3) is 0.524. The molecule has 1 aliphatic heterocycles. The molecular weight excluding hydrogens is 498 g/mol. The highest BCUT2D eigenvalue weighted by Crippen LogP contribution is 2.08. The van der Waals surface area contributed by atoms with Crippen LogP contribution in [0.1, 0.15) is 18.2 Å². The average molecular weight is 530 g/mol. The van der Waals surface area contributed by atoms with E-state index in [1.54, 1.807) is 6.26 Å². The molecule has 1 N–H and O–H groups in total. The lowest BCUT2D eigenvalue weighted by Crippen LogP contribution is -2.52. The van der Waals surface area contributed by atoms with Gasteiger partial charge in [-0.15, -0.1) is 24.0 Å². The molecule has 1 aromatic carbocycles. The third-order valence-corrected chi connectivity index (χ3v) is 4.99. The van der Waals surface area contributed by atoms with Gasteiger partial charge in [0.2, 0.25) is 0 Å². The second kappa shape index (κ2) is 12.9.